The zero-order valence-electron chi connectivity index (χ0n) is 12.0. The lowest BCUT2D eigenvalue weighted by Crippen LogP contribution is -2.35. The fourth-order valence-corrected chi connectivity index (χ4v) is 4.53. The molecule has 2 unspecified atom stereocenters. The van der Waals surface area contributed by atoms with E-state index in [1.54, 1.807) is 6.07 Å². The Labute approximate surface area is 134 Å². The van der Waals surface area contributed by atoms with Crippen molar-refractivity contribution in [1.82, 2.24) is 5.32 Å². The molecule has 0 saturated heterocycles. The first-order valence-corrected chi connectivity index (χ1v) is 8.63. The highest BCUT2D eigenvalue weighted by molar-refractivity contribution is 7.10. The van der Waals surface area contributed by atoms with E-state index in [0.29, 0.717) is 5.92 Å². The number of aryl methyl sites for hydroxylation is 1. The van der Waals surface area contributed by atoms with Gasteiger partial charge in [-0.25, -0.2) is 4.39 Å². The topological polar surface area (TPSA) is 12.0 Å². The molecule has 1 aliphatic rings. The van der Waals surface area contributed by atoms with Crippen molar-refractivity contribution in [3.63, 3.8) is 0 Å². The molecule has 1 nitrogen and oxygen atoms in total. The van der Waals surface area contributed by atoms with Crippen LogP contribution in [0.1, 0.15) is 34.8 Å². The number of fused-ring (bicyclic) bond motifs is 1. The van der Waals surface area contributed by atoms with Crippen molar-refractivity contribution < 1.29 is 4.39 Å². The number of hydrogen-bond donors (Lipinski definition) is 1. The third-order valence-corrected chi connectivity index (χ3v) is 5.85. The van der Waals surface area contributed by atoms with Gasteiger partial charge >= 0.3 is 0 Å². The molecule has 0 radical (unpaired) electrons. The number of nitrogens with one attached hydrogen (secondary N) is 1. The zero-order chi connectivity index (χ0) is 14.8. The van der Waals surface area contributed by atoms with Crippen molar-refractivity contribution in [2.45, 2.75) is 37.6 Å². The van der Waals surface area contributed by atoms with E-state index in [1.807, 2.05) is 24.5 Å². The Hall–Kier alpha value is -0.900. The summed E-state index contributed by atoms with van der Waals surface area (Å²) in [4.78, 5) is 1.51. The Morgan fingerprint density at radius 2 is 2.29 bits per heavy atom. The normalized spacial score (nSPS) is 19.3. The molecule has 21 heavy (non-hydrogen) atoms. The molecule has 1 heterocycles. The fourth-order valence-electron chi connectivity index (χ4n) is 3.33. The van der Waals surface area contributed by atoms with Crippen LogP contribution in [0.3, 0.4) is 0 Å². The summed E-state index contributed by atoms with van der Waals surface area (Å²) in [5.41, 5.74) is 2.36. The Balaban J connectivity index is 1.85. The minimum absolute atomic E-state index is 0.263. The van der Waals surface area contributed by atoms with Gasteiger partial charge in [0.1, 0.15) is 5.82 Å². The first-order valence-electron chi connectivity index (χ1n) is 7.37. The number of rotatable bonds is 4. The second-order valence-electron chi connectivity index (χ2n) is 5.61. The molecule has 1 aliphatic carbocycles. The molecule has 0 saturated carbocycles. The average Bonchev–Trinajstić information content (AvgIpc) is 2.97. The molecule has 1 aromatic heterocycles. The SMILES string of the molecule is CNC(Cc1cccc(F)c1Cl)C1CCCc2sccc21. The van der Waals surface area contributed by atoms with Crippen LogP contribution in [0, 0.1) is 5.82 Å². The van der Waals surface area contributed by atoms with Crippen molar-refractivity contribution in [3.8, 4) is 0 Å². The second kappa shape index (κ2) is 6.47. The van der Waals surface area contributed by atoms with Crippen LogP contribution in [-0.2, 0) is 12.8 Å². The Kier molecular flexibility index (Phi) is 4.63. The minimum atomic E-state index is -0.330. The number of halogens is 2. The van der Waals surface area contributed by atoms with Crippen molar-refractivity contribution >= 4 is 22.9 Å². The molecule has 2 atom stereocenters. The maximum absolute atomic E-state index is 13.6. The molecular weight excluding hydrogens is 305 g/mol. The molecule has 0 bridgehead atoms. The first-order chi connectivity index (χ1) is 10.2. The second-order valence-corrected chi connectivity index (χ2v) is 6.99. The van der Waals surface area contributed by atoms with Gasteiger partial charge in [-0.3, -0.25) is 0 Å². The Morgan fingerprint density at radius 3 is 3.10 bits per heavy atom. The number of hydrogen-bond acceptors (Lipinski definition) is 2. The lowest BCUT2D eigenvalue weighted by Gasteiger charge is -2.31. The van der Waals surface area contributed by atoms with Crippen LogP contribution in [0.15, 0.2) is 29.6 Å². The van der Waals surface area contributed by atoms with Gasteiger partial charge < -0.3 is 5.32 Å². The van der Waals surface area contributed by atoms with E-state index in [0.717, 1.165) is 12.0 Å². The van der Waals surface area contributed by atoms with E-state index >= 15 is 0 Å². The lowest BCUT2D eigenvalue weighted by molar-refractivity contribution is 0.413. The molecular formula is C17H19ClFNS. The summed E-state index contributed by atoms with van der Waals surface area (Å²) in [6.45, 7) is 0. The molecule has 2 aromatic rings. The van der Waals surface area contributed by atoms with E-state index in [-0.39, 0.29) is 16.9 Å². The predicted octanol–water partition coefficient (Wildman–Crippen LogP) is 4.79. The van der Waals surface area contributed by atoms with Gasteiger partial charge in [0.25, 0.3) is 0 Å². The summed E-state index contributed by atoms with van der Waals surface area (Å²) in [6, 6.07) is 7.62. The maximum atomic E-state index is 13.6. The summed E-state index contributed by atoms with van der Waals surface area (Å²) < 4.78 is 13.6. The van der Waals surface area contributed by atoms with Crippen LogP contribution >= 0.6 is 22.9 Å². The minimum Gasteiger partial charge on any atom is -0.316 e. The average molecular weight is 324 g/mol. The van der Waals surface area contributed by atoms with Crippen molar-refractivity contribution in [2.75, 3.05) is 7.05 Å². The van der Waals surface area contributed by atoms with Crippen LogP contribution in [-0.4, -0.2) is 13.1 Å². The molecule has 1 aromatic carbocycles. The highest BCUT2D eigenvalue weighted by Crippen LogP contribution is 2.38. The molecule has 112 valence electrons. The van der Waals surface area contributed by atoms with E-state index in [4.69, 9.17) is 11.6 Å². The number of benzene rings is 1. The third-order valence-electron chi connectivity index (χ3n) is 4.43. The number of likely N-dealkylation sites (N-methyl/N-ethyl adjacent to an activating group) is 1. The van der Waals surface area contributed by atoms with Gasteiger partial charge in [-0.2, -0.15) is 0 Å². The maximum Gasteiger partial charge on any atom is 0.142 e. The van der Waals surface area contributed by atoms with Crippen molar-refractivity contribution in [3.05, 3.63) is 56.5 Å². The van der Waals surface area contributed by atoms with Gasteiger partial charge in [-0.05, 0) is 61.4 Å². The fraction of sp³-hybridized carbons (Fsp3) is 0.412. The van der Waals surface area contributed by atoms with E-state index in [1.165, 1.54) is 35.8 Å². The first kappa shape index (κ1) is 15.0. The molecule has 0 spiro atoms. The summed E-state index contributed by atoms with van der Waals surface area (Å²) in [5, 5.41) is 5.87. The Bertz CT molecular complexity index is 625. The van der Waals surface area contributed by atoms with Crippen LogP contribution < -0.4 is 5.32 Å². The molecule has 3 rings (SSSR count). The molecule has 0 fully saturated rings. The molecule has 0 aliphatic heterocycles. The summed E-state index contributed by atoms with van der Waals surface area (Å²) >= 11 is 7.97. The standard InChI is InChI=1S/C17H19ClFNS/c1-20-15(10-11-4-2-6-14(19)17(11)18)12-5-3-7-16-13(12)8-9-21-16/h2,4,6,8-9,12,15,20H,3,5,7,10H2,1H3. The van der Waals surface area contributed by atoms with Gasteiger partial charge in [0.05, 0.1) is 5.02 Å². The van der Waals surface area contributed by atoms with Gasteiger partial charge in [-0.1, -0.05) is 23.7 Å². The van der Waals surface area contributed by atoms with E-state index in [2.05, 4.69) is 16.8 Å². The largest absolute Gasteiger partial charge is 0.316 e. The summed E-state index contributed by atoms with van der Waals surface area (Å²) in [5.74, 6) is 0.160. The van der Waals surface area contributed by atoms with Crippen molar-refractivity contribution in [2.24, 2.45) is 0 Å². The van der Waals surface area contributed by atoms with Crippen molar-refractivity contribution in [1.29, 1.82) is 0 Å². The van der Waals surface area contributed by atoms with Crippen LogP contribution in [0.25, 0.3) is 0 Å². The number of thiophene rings is 1. The summed E-state index contributed by atoms with van der Waals surface area (Å²) in [6.07, 6.45) is 4.36. The zero-order valence-corrected chi connectivity index (χ0v) is 13.6. The van der Waals surface area contributed by atoms with Gasteiger partial charge in [-0.15, -0.1) is 11.3 Å². The monoisotopic (exact) mass is 323 g/mol. The van der Waals surface area contributed by atoms with Gasteiger partial charge in [0.2, 0.25) is 0 Å². The Morgan fingerprint density at radius 1 is 1.43 bits per heavy atom. The van der Waals surface area contributed by atoms with E-state index < -0.39 is 0 Å². The molecule has 0 amide bonds. The van der Waals surface area contributed by atoms with Gasteiger partial charge in [0.15, 0.2) is 0 Å². The quantitative estimate of drug-likeness (QED) is 0.853. The van der Waals surface area contributed by atoms with E-state index in [9.17, 15) is 4.39 Å². The smallest absolute Gasteiger partial charge is 0.142 e. The van der Waals surface area contributed by atoms with Gasteiger partial charge in [0, 0.05) is 16.8 Å². The predicted molar refractivity (Wildman–Crippen MR) is 88.0 cm³/mol. The summed E-state index contributed by atoms with van der Waals surface area (Å²) in [7, 11) is 1.98. The molecule has 1 N–H and O–H groups in total. The molecule has 4 heteroatoms. The highest BCUT2D eigenvalue weighted by Gasteiger charge is 2.28. The van der Waals surface area contributed by atoms with Crippen LogP contribution in [0.2, 0.25) is 5.02 Å². The highest BCUT2D eigenvalue weighted by atomic mass is 35.5. The third kappa shape index (κ3) is 3.01. The van der Waals surface area contributed by atoms with Crippen LogP contribution in [0.5, 0.6) is 0 Å². The lowest BCUT2D eigenvalue weighted by atomic mass is 9.80. The van der Waals surface area contributed by atoms with Crippen LogP contribution in [0.4, 0.5) is 4.39 Å².